The molecule has 1 fully saturated rings. The van der Waals surface area contributed by atoms with Crippen LogP contribution in [0.15, 0.2) is 36.5 Å². The molecule has 0 saturated carbocycles. The molecule has 0 bridgehead atoms. The summed E-state index contributed by atoms with van der Waals surface area (Å²) in [5.41, 5.74) is 2.32. The lowest BCUT2D eigenvalue weighted by atomic mass is 10.0. The van der Waals surface area contributed by atoms with Gasteiger partial charge in [-0.3, -0.25) is 0 Å². The van der Waals surface area contributed by atoms with Crippen LogP contribution < -0.4 is 5.32 Å². The number of hydrogen-bond donors (Lipinski definition) is 1. The topological polar surface area (TPSA) is 50.2 Å². The van der Waals surface area contributed by atoms with Crippen molar-refractivity contribution in [2.45, 2.75) is 25.8 Å². The summed E-state index contributed by atoms with van der Waals surface area (Å²) in [6.07, 6.45) is 3.86. The molecule has 1 aliphatic heterocycles. The van der Waals surface area contributed by atoms with Gasteiger partial charge in [-0.1, -0.05) is 30.3 Å². The number of benzene rings is 1. The number of urea groups is 1. The van der Waals surface area contributed by atoms with Crippen LogP contribution in [0.1, 0.15) is 24.6 Å². The number of aryl methyl sites for hydroxylation is 1. The maximum absolute atomic E-state index is 11.7. The number of amides is 2. The molecule has 0 radical (unpaired) electrons. The van der Waals surface area contributed by atoms with Crippen LogP contribution in [0, 0.1) is 6.92 Å². The van der Waals surface area contributed by atoms with Gasteiger partial charge >= 0.3 is 6.03 Å². The largest absolute Gasteiger partial charge is 0.341 e. The van der Waals surface area contributed by atoms with Crippen LogP contribution in [0.5, 0.6) is 0 Å². The lowest BCUT2D eigenvalue weighted by Crippen LogP contribution is -2.43. The quantitative estimate of drug-likeness (QED) is 0.927. The number of rotatable bonds is 2. The monoisotopic (exact) mass is 298 g/mol. The second-order valence-corrected chi connectivity index (χ2v) is 5.73. The Bertz CT molecular complexity index is 642. The number of nitrogens with one attached hydrogen (secondary N) is 1. The number of nitrogens with zero attached hydrogens (tertiary/aromatic N) is 3. The van der Waals surface area contributed by atoms with Gasteiger partial charge in [-0.15, -0.1) is 0 Å². The third-order valence-electron chi connectivity index (χ3n) is 4.34. The molecule has 5 nitrogen and oxygen atoms in total. The maximum Gasteiger partial charge on any atom is 0.317 e. The Kier molecular flexibility index (Phi) is 4.13. The Labute approximate surface area is 131 Å². The third kappa shape index (κ3) is 2.71. The average molecular weight is 298 g/mol. The van der Waals surface area contributed by atoms with Gasteiger partial charge in [-0.2, -0.15) is 0 Å². The molecule has 1 saturated heterocycles. The number of hydrogen-bond acceptors (Lipinski definition) is 2. The van der Waals surface area contributed by atoms with Gasteiger partial charge in [0.25, 0.3) is 0 Å². The predicted octanol–water partition coefficient (Wildman–Crippen LogP) is 2.83. The van der Waals surface area contributed by atoms with E-state index in [1.54, 1.807) is 7.05 Å². The first-order valence-corrected chi connectivity index (χ1v) is 7.76. The molecule has 1 aromatic heterocycles. The van der Waals surface area contributed by atoms with E-state index in [1.807, 2.05) is 29.3 Å². The van der Waals surface area contributed by atoms with Crippen LogP contribution in [-0.2, 0) is 0 Å². The minimum Gasteiger partial charge on any atom is -0.341 e. The Morgan fingerprint density at radius 2 is 1.91 bits per heavy atom. The van der Waals surface area contributed by atoms with E-state index in [-0.39, 0.29) is 6.03 Å². The van der Waals surface area contributed by atoms with E-state index in [4.69, 9.17) is 0 Å². The minimum atomic E-state index is 0.0177. The fourth-order valence-electron chi connectivity index (χ4n) is 3.19. The summed E-state index contributed by atoms with van der Waals surface area (Å²) in [6, 6.07) is 10.7. The van der Waals surface area contributed by atoms with Gasteiger partial charge < -0.3 is 14.8 Å². The molecule has 22 heavy (non-hydrogen) atoms. The molecule has 1 N–H and O–H groups in total. The zero-order valence-corrected chi connectivity index (χ0v) is 13.1. The molecule has 0 unspecified atom stereocenters. The standard InChI is InChI=1S/C17H22N4O/c1-13-12-19-16(14-6-4-3-5-7-14)21(13)15-8-10-20(11-9-15)17(22)18-2/h3-7,12,15H,8-11H2,1-2H3,(H,18,22). The summed E-state index contributed by atoms with van der Waals surface area (Å²) >= 11 is 0. The summed E-state index contributed by atoms with van der Waals surface area (Å²) in [5.74, 6) is 1.02. The first kappa shape index (κ1) is 14.6. The van der Waals surface area contributed by atoms with Gasteiger partial charge in [-0.05, 0) is 19.8 Å². The fraction of sp³-hybridized carbons (Fsp3) is 0.412. The van der Waals surface area contributed by atoms with Crippen molar-refractivity contribution < 1.29 is 4.79 Å². The third-order valence-corrected chi connectivity index (χ3v) is 4.34. The molecule has 3 rings (SSSR count). The number of piperidine rings is 1. The number of aromatic nitrogens is 2. The van der Waals surface area contributed by atoms with Crippen LogP contribution >= 0.6 is 0 Å². The van der Waals surface area contributed by atoms with Gasteiger partial charge in [0.15, 0.2) is 0 Å². The average Bonchev–Trinajstić information content (AvgIpc) is 2.96. The van der Waals surface area contributed by atoms with Crippen molar-refractivity contribution in [2.75, 3.05) is 20.1 Å². The van der Waals surface area contributed by atoms with E-state index < -0.39 is 0 Å². The molecule has 0 spiro atoms. The van der Waals surface area contributed by atoms with Crippen molar-refractivity contribution in [3.05, 3.63) is 42.2 Å². The van der Waals surface area contributed by atoms with Crippen molar-refractivity contribution in [3.63, 3.8) is 0 Å². The summed E-state index contributed by atoms with van der Waals surface area (Å²) in [4.78, 5) is 18.2. The molecular formula is C17H22N4O. The summed E-state index contributed by atoms with van der Waals surface area (Å²) in [6.45, 7) is 3.68. The van der Waals surface area contributed by atoms with E-state index in [0.29, 0.717) is 6.04 Å². The Morgan fingerprint density at radius 1 is 1.23 bits per heavy atom. The smallest absolute Gasteiger partial charge is 0.317 e. The first-order chi connectivity index (χ1) is 10.7. The van der Waals surface area contributed by atoms with Gasteiger partial charge in [0, 0.05) is 43.6 Å². The van der Waals surface area contributed by atoms with Crippen LogP contribution in [0.25, 0.3) is 11.4 Å². The molecule has 1 aliphatic rings. The minimum absolute atomic E-state index is 0.0177. The highest BCUT2D eigenvalue weighted by molar-refractivity contribution is 5.73. The number of carbonyl (C=O) groups excluding carboxylic acids is 1. The maximum atomic E-state index is 11.7. The van der Waals surface area contributed by atoms with Crippen molar-refractivity contribution >= 4 is 6.03 Å². The van der Waals surface area contributed by atoms with Gasteiger partial charge in [0.2, 0.25) is 0 Å². The highest BCUT2D eigenvalue weighted by Gasteiger charge is 2.25. The zero-order chi connectivity index (χ0) is 15.5. The molecule has 2 aromatic rings. The normalized spacial score (nSPS) is 15.8. The number of likely N-dealkylation sites (tertiary alicyclic amines) is 1. The lowest BCUT2D eigenvalue weighted by molar-refractivity contribution is 0.173. The predicted molar refractivity (Wildman–Crippen MR) is 86.7 cm³/mol. The van der Waals surface area contributed by atoms with Crippen molar-refractivity contribution in [1.29, 1.82) is 0 Å². The SMILES string of the molecule is CNC(=O)N1CCC(n2c(C)cnc2-c2ccccc2)CC1. The van der Waals surface area contributed by atoms with Crippen molar-refractivity contribution in [2.24, 2.45) is 0 Å². The van der Waals surface area contributed by atoms with E-state index in [0.717, 1.165) is 37.3 Å². The zero-order valence-electron chi connectivity index (χ0n) is 13.1. The second kappa shape index (κ2) is 6.22. The molecule has 2 heterocycles. The molecule has 1 aromatic carbocycles. The van der Waals surface area contributed by atoms with Crippen LogP contribution in [0.3, 0.4) is 0 Å². The lowest BCUT2D eigenvalue weighted by Gasteiger charge is -2.33. The summed E-state index contributed by atoms with van der Waals surface area (Å²) < 4.78 is 2.33. The van der Waals surface area contributed by atoms with Gasteiger partial charge in [-0.25, -0.2) is 9.78 Å². The first-order valence-electron chi connectivity index (χ1n) is 7.76. The molecule has 2 amide bonds. The van der Waals surface area contributed by atoms with Crippen molar-refractivity contribution in [3.8, 4) is 11.4 Å². The van der Waals surface area contributed by atoms with E-state index >= 15 is 0 Å². The summed E-state index contributed by atoms with van der Waals surface area (Å²) in [5, 5.41) is 2.70. The van der Waals surface area contributed by atoms with Crippen LogP contribution in [0.2, 0.25) is 0 Å². The highest BCUT2D eigenvalue weighted by atomic mass is 16.2. The summed E-state index contributed by atoms with van der Waals surface area (Å²) in [7, 11) is 1.68. The Balaban J connectivity index is 1.82. The van der Waals surface area contributed by atoms with Gasteiger partial charge in [0.1, 0.15) is 5.82 Å². The van der Waals surface area contributed by atoms with Crippen LogP contribution in [0.4, 0.5) is 4.79 Å². The Hall–Kier alpha value is -2.30. The van der Waals surface area contributed by atoms with Gasteiger partial charge in [0.05, 0.1) is 0 Å². The number of carbonyl (C=O) groups is 1. The molecule has 116 valence electrons. The van der Waals surface area contributed by atoms with Crippen molar-refractivity contribution in [1.82, 2.24) is 19.8 Å². The molecule has 5 heteroatoms. The number of imidazole rings is 1. The van der Waals surface area contributed by atoms with E-state index in [2.05, 4.69) is 33.9 Å². The fourth-order valence-corrected chi connectivity index (χ4v) is 3.19. The van der Waals surface area contributed by atoms with E-state index in [9.17, 15) is 4.79 Å². The second-order valence-electron chi connectivity index (χ2n) is 5.73. The van der Waals surface area contributed by atoms with E-state index in [1.165, 1.54) is 5.69 Å². The van der Waals surface area contributed by atoms with Crippen LogP contribution in [-0.4, -0.2) is 40.6 Å². The molecule has 0 atom stereocenters. The Morgan fingerprint density at radius 3 is 2.55 bits per heavy atom. The molecule has 0 aliphatic carbocycles. The highest BCUT2D eigenvalue weighted by Crippen LogP contribution is 2.30. The molecular weight excluding hydrogens is 276 g/mol.